The first kappa shape index (κ1) is 13.8. The van der Waals surface area contributed by atoms with Gasteiger partial charge in [-0.25, -0.2) is 4.98 Å². The summed E-state index contributed by atoms with van der Waals surface area (Å²) in [6, 6.07) is 9.09. The molecule has 1 fully saturated rings. The average Bonchev–Trinajstić information content (AvgIpc) is 2.88. The number of piperidine rings is 1. The number of rotatable bonds is 3. The van der Waals surface area contributed by atoms with Crippen molar-refractivity contribution < 1.29 is 0 Å². The van der Waals surface area contributed by atoms with Crippen LogP contribution in [-0.2, 0) is 6.42 Å². The third kappa shape index (κ3) is 3.13. The van der Waals surface area contributed by atoms with E-state index in [1.165, 1.54) is 37.3 Å². The Labute approximate surface area is 128 Å². The van der Waals surface area contributed by atoms with Crippen LogP contribution in [0, 0.1) is 0 Å². The van der Waals surface area contributed by atoms with Crippen molar-refractivity contribution in [3.63, 3.8) is 0 Å². The molecule has 0 N–H and O–H groups in total. The van der Waals surface area contributed by atoms with E-state index in [0.717, 1.165) is 10.9 Å². The number of halogens is 1. The lowest BCUT2D eigenvalue weighted by atomic mass is 10.0. The summed E-state index contributed by atoms with van der Waals surface area (Å²) in [6.07, 6.45) is 7.42. The lowest BCUT2D eigenvalue weighted by molar-refractivity contribution is 0.219. The molecule has 20 heavy (non-hydrogen) atoms. The summed E-state index contributed by atoms with van der Waals surface area (Å²) in [4.78, 5) is 6.97. The average molecular weight is 334 g/mol. The minimum absolute atomic E-state index is 0.607. The van der Waals surface area contributed by atoms with Crippen LogP contribution in [0.2, 0.25) is 0 Å². The summed E-state index contributed by atoms with van der Waals surface area (Å²) in [7, 11) is 2.20. The molecular weight excluding hydrogens is 314 g/mol. The molecule has 3 nitrogen and oxygen atoms in total. The van der Waals surface area contributed by atoms with Gasteiger partial charge >= 0.3 is 0 Å². The van der Waals surface area contributed by atoms with Crippen molar-refractivity contribution >= 4 is 15.9 Å². The molecule has 3 rings (SSSR count). The highest BCUT2D eigenvalue weighted by Crippen LogP contribution is 2.24. The van der Waals surface area contributed by atoms with Gasteiger partial charge in [0, 0.05) is 29.3 Å². The lowest BCUT2D eigenvalue weighted by Crippen LogP contribution is -2.31. The molecule has 0 amide bonds. The van der Waals surface area contributed by atoms with Crippen molar-refractivity contribution in [2.75, 3.05) is 20.1 Å². The summed E-state index contributed by atoms with van der Waals surface area (Å²) in [5.41, 5.74) is 1.31. The fourth-order valence-electron chi connectivity index (χ4n) is 2.92. The van der Waals surface area contributed by atoms with Crippen LogP contribution >= 0.6 is 15.9 Å². The van der Waals surface area contributed by atoms with Crippen LogP contribution in [-0.4, -0.2) is 34.6 Å². The molecule has 1 aromatic carbocycles. The Kier molecular flexibility index (Phi) is 4.22. The topological polar surface area (TPSA) is 21.1 Å². The predicted molar refractivity (Wildman–Crippen MR) is 84.9 cm³/mol. The normalized spacial score (nSPS) is 17.5. The van der Waals surface area contributed by atoms with Gasteiger partial charge in [0.1, 0.15) is 5.82 Å². The molecule has 1 aliphatic rings. The van der Waals surface area contributed by atoms with Gasteiger partial charge in [-0.2, -0.15) is 0 Å². The predicted octanol–water partition coefficient (Wildman–Crippen LogP) is 3.50. The van der Waals surface area contributed by atoms with Crippen LogP contribution in [0.4, 0.5) is 0 Å². The third-order valence-electron chi connectivity index (χ3n) is 4.08. The Bertz CT molecular complexity index is 571. The van der Waals surface area contributed by atoms with E-state index in [1.807, 2.05) is 6.20 Å². The van der Waals surface area contributed by atoms with Crippen molar-refractivity contribution in [1.29, 1.82) is 0 Å². The second-order valence-corrected chi connectivity index (χ2v) is 6.51. The van der Waals surface area contributed by atoms with Crippen LogP contribution in [0.3, 0.4) is 0 Å². The molecule has 0 aliphatic carbocycles. The number of imidazole rings is 1. The maximum atomic E-state index is 4.57. The highest BCUT2D eigenvalue weighted by atomic mass is 79.9. The van der Waals surface area contributed by atoms with Crippen LogP contribution in [0.5, 0.6) is 0 Å². The SMILES string of the molecule is CN1CCC(n2ccnc2Cc2cccc(Br)c2)CC1. The van der Waals surface area contributed by atoms with E-state index in [4.69, 9.17) is 0 Å². The second-order valence-electron chi connectivity index (χ2n) is 5.59. The smallest absolute Gasteiger partial charge is 0.113 e. The molecule has 2 heterocycles. The molecule has 1 aliphatic heterocycles. The Morgan fingerprint density at radius 3 is 2.85 bits per heavy atom. The van der Waals surface area contributed by atoms with E-state index in [0.29, 0.717) is 6.04 Å². The van der Waals surface area contributed by atoms with Crippen molar-refractivity contribution in [2.24, 2.45) is 0 Å². The van der Waals surface area contributed by atoms with Crippen molar-refractivity contribution in [3.05, 3.63) is 52.5 Å². The first-order chi connectivity index (χ1) is 9.72. The van der Waals surface area contributed by atoms with Gasteiger partial charge in [-0.15, -0.1) is 0 Å². The number of aromatic nitrogens is 2. The van der Waals surface area contributed by atoms with Gasteiger partial charge in [-0.1, -0.05) is 28.1 Å². The first-order valence-electron chi connectivity index (χ1n) is 7.17. The van der Waals surface area contributed by atoms with Gasteiger partial charge in [0.05, 0.1) is 0 Å². The summed E-state index contributed by atoms with van der Waals surface area (Å²) in [6.45, 7) is 2.36. The molecule has 0 bridgehead atoms. The summed E-state index contributed by atoms with van der Waals surface area (Å²) in [5.74, 6) is 1.18. The zero-order valence-corrected chi connectivity index (χ0v) is 13.4. The van der Waals surface area contributed by atoms with E-state index < -0.39 is 0 Å². The number of benzene rings is 1. The van der Waals surface area contributed by atoms with E-state index >= 15 is 0 Å². The Hall–Kier alpha value is -1.13. The molecule has 0 radical (unpaired) electrons. The van der Waals surface area contributed by atoms with Crippen molar-refractivity contribution in [1.82, 2.24) is 14.5 Å². The number of hydrogen-bond acceptors (Lipinski definition) is 2. The van der Waals surface area contributed by atoms with Crippen molar-refractivity contribution in [3.8, 4) is 0 Å². The molecule has 4 heteroatoms. The maximum Gasteiger partial charge on any atom is 0.113 e. The Balaban J connectivity index is 1.76. The van der Waals surface area contributed by atoms with Gasteiger partial charge < -0.3 is 9.47 Å². The molecule has 1 aromatic heterocycles. The first-order valence-corrected chi connectivity index (χ1v) is 7.96. The number of likely N-dealkylation sites (tertiary alicyclic amines) is 1. The van der Waals surface area contributed by atoms with E-state index in [-0.39, 0.29) is 0 Å². The Morgan fingerprint density at radius 2 is 2.10 bits per heavy atom. The van der Waals surface area contributed by atoms with Crippen LogP contribution < -0.4 is 0 Å². The maximum absolute atomic E-state index is 4.57. The standard InChI is InChI=1S/C16H20BrN3/c1-19-8-5-15(6-9-19)20-10-7-18-16(20)12-13-3-2-4-14(17)11-13/h2-4,7,10-11,15H,5-6,8-9,12H2,1H3. The van der Waals surface area contributed by atoms with E-state index in [1.54, 1.807) is 0 Å². The second kappa shape index (κ2) is 6.10. The van der Waals surface area contributed by atoms with Gasteiger partial charge in [0.15, 0.2) is 0 Å². The molecular formula is C16H20BrN3. The van der Waals surface area contributed by atoms with Crippen LogP contribution in [0.15, 0.2) is 41.1 Å². The lowest BCUT2D eigenvalue weighted by Gasteiger charge is -2.30. The van der Waals surface area contributed by atoms with Gasteiger partial charge in [-0.3, -0.25) is 0 Å². The largest absolute Gasteiger partial charge is 0.332 e. The summed E-state index contributed by atoms with van der Waals surface area (Å²) >= 11 is 3.54. The number of nitrogens with zero attached hydrogens (tertiary/aromatic N) is 3. The summed E-state index contributed by atoms with van der Waals surface area (Å²) in [5, 5.41) is 0. The van der Waals surface area contributed by atoms with Gasteiger partial charge in [0.2, 0.25) is 0 Å². The molecule has 0 atom stereocenters. The zero-order chi connectivity index (χ0) is 13.9. The van der Waals surface area contributed by atoms with Crippen LogP contribution in [0.25, 0.3) is 0 Å². The molecule has 1 saturated heterocycles. The Morgan fingerprint density at radius 1 is 1.30 bits per heavy atom. The number of hydrogen-bond donors (Lipinski definition) is 0. The van der Waals surface area contributed by atoms with Gasteiger partial charge in [-0.05, 0) is 50.7 Å². The van der Waals surface area contributed by atoms with E-state index in [2.05, 4.69) is 67.9 Å². The fourth-order valence-corrected chi connectivity index (χ4v) is 3.36. The molecule has 2 aromatic rings. The highest BCUT2D eigenvalue weighted by Gasteiger charge is 2.20. The van der Waals surface area contributed by atoms with Gasteiger partial charge in [0.25, 0.3) is 0 Å². The highest BCUT2D eigenvalue weighted by molar-refractivity contribution is 9.10. The molecule has 106 valence electrons. The fraction of sp³-hybridized carbons (Fsp3) is 0.438. The minimum atomic E-state index is 0.607. The van der Waals surface area contributed by atoms with E-state index in [9.17, 15) is 0 Å². The monoisotopic (exact) mass is 333 g/mol. The molecule has 0 unspecified atom stereocenters. The quantitative estimate of drug-likeness (QED) is 0.857. The van der Waals surface area contributed by atoms with Crippen molar-refractivity contribution in [2.45, 2.75) is 25.3 Å². The van der Waals surface area contributed by atoms with Crippen LogP contribution in [0.1, 0.15) is 30.3 Å². The molecule has 0 spiro atoms. The molecule has 0 saturated carbocycles. The zero-order valence-electron chi connectivity index (χ0n) is 11.8. The minimum Gasteiger partial charge on any atom is -0.332 e. The summed E-state index contributed by atoms with van der Waals surface area (Å²) < 4.78 is 3.51. The third-order valence-corrected chi connectivity index (χ3v) is 4.57.